The van der Waals surface area contributed by atoms with Gasteiger partial charge in [-0.3, -0.25) is 5.73 Å². The van der Waals surface area contributed by atoms with Crippen LogP contribution in [-0.2, 0) is 108 Å². The molecule has 0 bridgehead atoms. The van der Waals surface area contributed by atoms with Crippen molar-refractivity contribution in [3.63, 3.8) is 0 Å². The van der Waals surface area contributed by atoms with Crippen LogP contribution < -0.4 is 0 Å². The maximum atomic E-state index is 3.94. The molecule has 0 atom stereocenters. The minimum atomic E-state index is -0.705. The molecule has 12 aromatic rings. The van der Waals surface area contributed by atoms with Gasteiger partial charge in [-0.05, 0) is 0 Å². The summed E-state index contributed by atoms with van der Waals surface area (Å²) in [6.07, 6.45) is 0. The Labute approximate surface area is 492 Å². The van der Waals surface area contributed by atoms with Crippen LogP contribution in [0.5, 0.6) is 0 Å². The van der Waals surface area contributed by atoms with Crippen LogP contribution in [0.4, 0.5) is 0 Å². The Morgan fingerprint density at radius 1 is 0.319 bits per heavy atom. The van der Waals surface area contributed by atoms with Gasteiger partial charge in [-0.25, -0.2) is 115 Å². The fourth-order valence-electron chi connectivity index (χ4n) is 6.90. The molecule has 12 aromatic carbocycles. The van der Waals surface area contributed by atoms with Crippen molar-refractivity contribution in [1.82, 2.24) is 0 Å². The van der Waals surface area contributed by atoms with Crippen molar-refractivity contribution in [3.8, 4) is 11.8 Å². The van der Waals surface area contributed by atoms with Crippen LogP contribution >= 0.6 is 0 Å². The van der Waals surface area contributed by atoms with E-state index in [0.29, 0.717) is 0 Å². The molecule has 72 heavy (non-hydrogen) atoms. The van der Waals surface area contributed by atoms with E-state index >= 15 is 0 Å². The quantitative estimate of drug-likeness (QED) is 0.0674. The molecule has 0 saturated heterocycles. The SMILES string of the molecule is C(=C([c-]1cccc1)[c-]1cccc1)=C([c-]1cccc1)C(C#C[c-]1cccc1)([c-]1cccc1)[c-]1[cH-][cH-][cH-][cH-]1.[Fe].[Fe].[Fe].[Fe].[Fe].[Fe].c1cc[cH-]c1.c1cc[cH-]c1.c1cc[cH-]c1.c1cc[cH-]c1.c1cc[cH-]c1.c1cc[cH-]c1. The van der Waals surface area contributed by atoms with E-state index in [1.807, 2.05) is 194 Å². The van der Waals surface area contributed by atoms with Gasteiger partial charge in [-0.2, -0.15) is 174 Å². The zero-order chi connectivity index (χ0) is 45.4. The summed E-state index contributed by atoms with van der Waals surface area (Å²) in [5.74, 6) is 7.27. The molecule has 382 valence electrons. The smallest absolute Gasteiger partial charge is 0 e. The topological polar surface area (TPSA) is 0 Å². The van der Waals surface area contributed by atoms with Crippen molar-refractivity contribution in [1.29, 1.82) is 0 Å². The van der Waals surface area contributed by atoms with Gasteiger partial charge in [0.2, 0.25) is 0 Å². The second-order valence-corrected chi connectivity index (χ2v) is 14.7. The molecular formula is C66H54Fe6-16. The maximum absolute atomic E-state index is 3.94. The van der Waals surface area contributed by atoms with Gasteiger partial charge in [0.25, 0.3) is 0 Å². The number of hydrogen-bond acceptors (Lipinski definition) is 0. The molecule has 0 aliphatic carbocycles. The van der Waals surface area contributed by atoms with E-state index in [1.165, 1.54) is 0 Å². The van der Waals surface area contributed by atoms with Gasteiger partial charge in [-0.15, -0.1) is 53.1 Å². The van der Waals surface area contributed by atoms with E-state index in [-0.39, 0.29) is 102 Å². The minimum Gasteiger partial charge on any atom is -0.748 e. The van der Waals surface area contributed by atoms with E-state index < -0.39 is 5.41 Å². The van der Waals surface area contributed by atoms with Crippen LogP contribution in [-0.4, -0.2) is 0 Å². The molecular weight excluding hydrogens is 1130 g/mol. The molecule has 0 N–H and O–H groups in total. The standard InChI is InChI=1S/C36H24.6C5H5.6Fe/c1-2-14-28(13-1)25-26-36(32-21-9-10-22-32,33-23-11-12-24-33)35(31-19-7-8-20-31)27-34(29-15-3-4-16-29)30-17-5-6-18-30;6*1-2-4-5-3-1;;;;;;/h1-24H;6*1-5H;;;;;;/q-10;6*-1;;;;;;. The van der Waals surface area contributed by atoms with E-state index in [2.05, 4.69) is 151 Å². The minimum absolute atomic E-state index is 0. The van der Waals surface area contributed by atoms with Gasteiger partial charge in [-0.1, -0.05) is 17.7 Å². The molecule has 0 nitrogen and oxygen atoms in total. The predicted octanol–water partition coefficient (Wildman–Crippen LogP) is 16.6. The number of rotatable bonds is 6. The molecule has 0 radical (unpaired) electrons. The third-order valence-electron chi connectivity index (χ3n) is 10.1. The summed E-state index contributed by atoms with van der Waals surface area (Å²) < 4.78 is 0. The Kier molecular flexibility index (Phi) is 37.7. The normalized spacial score (nSPS) is 9.50. The first kappa shape index (κ1) is 66.4. The molecule has 0 fully saturated rings. The van der Waals surface area contributed by atoms with Crippen LogP contribution in [0.15, 0.2) is 333 Å². The predicted molar refractivity (Wildman–Crippen MR) is 282 cm³/mol. The molecule has 0 unspecified atom stereocenters. The van der Waals surface area contributed by atoms with Gasteiger partial charge in [0, 0.05) is 102 Å². The van der Waals surface area contributed by atoms with E-state index in [1.54, 1.807) is 0 Å². The van der Waals surface area contributed by atoms with Gasteiger partial charge >= 0.3 is 0 Å². The third kappa shape index (κ3) is 22.9. The molecule has 0 heterocycles. The molecule has 0 saturated carbocycles. The molecule has 0 amide bonds. The van der Waals surface area contributed by atoms with Crippen LogP contribution in [0, 0.1) is 11.8 Å². The summed E-state index contributed by atoms with van der Waals surface area (Å²) in [5, 5.41) is 0. The Hall–Kier alpha value is -5.60. The first-order valence-electron chi connectivity index (χ1n) is 22.2. The average molecular weight is 1180 g/mol. The summed E-state index contributed by atoms with van der Waals surface area (Å²) in [7, 11) is 0. The van der Waals surface area contributed by atoms with Gasteiger partial charge in [0.05, 0.1) is 0 Å². The third-order valence-corrected chi connectivity index (χ3v) is 10.1. The fourth-order valence-corrected chi connectivity index (χ4v) is 6.90. The molecule has 0 aliphatic heterocycles. The van der Waals surface area contributed by atoms with Crippen molar-refractivity contribution in [2.75, 3.05) is 0 Å². The zero-order valence-electron chi connectivity index (χ0n) is 39.3. The Morgan fingerprint density at radius 2 is 0.597 bits per heavy atom. The molecule has 0 aromatic heterocycles. The molecule has 0 spiro atoms. The first-order valence-corrected chi connectivity index (χ1v) is 22.2. The largest absolute Gasteiger partial charge is 0.748 e. The van der Waals surface area contributed by atoms with Gasteiger partial charge in [0.15, 0.2) is 0 Å². The molecule has 12 rings (SSSR count). The summed E-state index contributed by atoms with van der Waals surface area (Å²) in [5.41, 5.74) is 12.0. The van der Waals surface area contributed by atoms with E-state index in [0.717, 1.165) is 44.5 Å². The maximum Gasteiger partial charge on any atom is 0 e. The van der Waals surface area contributed by atoms with Crippen LogP contribution in [0.2, 0.25) is 0 Å². The summed E-state index contributed by atoms with van der Waals surface area (Å²) in [6, 6.07) is 111. The Bertz CT molecular complexity index is 2500. The second kappa shape index (κ2) is 40.9. The fraction of sp³-hybridized carbons (Fsp3) is 0.0152. The van der Waals surface area contributed by atoms with Crippen LogP contribution in [0.25, 0.3) is 11.1 Å². The van der Waals surface area contributed by atoms with Gasteiger partial charge < -0.3 is 29.8 Å². The second-order valence-electron chi connectivity index (χ2n) is 14.7. The Balaban J connectivity index is 0.00000113. The van der Waals surface area contributed by atoms with Crippen molar-refractivity contribution in [2.24, 2.45) is 0 Å². The van der Waals surface area contributed by atoms with Crippen LogP contribution in [0.1, 0.15) is 33.4 Å². The van der Waals surface area contributed by atoms with Gasteiger partial charge in [0.1, 0.15) is 0 Å². The Morgan fingerprint density at radius 3 is 0.889 bits per heavy atom. The average Bonchev–Trinajstić information content (AvgIpc) is 4.22. The monoisotopic (exact) mass is 1180 g/mol. The van der Waals surface area contributed by atoms with Crippen molar-refractivity contribution in [2.45, 2.75) is 5.41 Å². The van der Waals surface area contributed by atoms with Crippen molar-refractivity contribution < 1.29 is 102 Å². The van der Waals surface area contributed by atoms with Crippen molar-refractivity contribution >= 4 is 11.1 Å². The first-order chi connectivity index (χ1) is 32.8. The summed E-state index contributed by atoms with van der Waals surface area (Å²) in [4.78, 5) is 0. The molecule has 6 heteroatoms. The number of allylic oxidation sites excluding steroid dienone is 1. The van der Waals surface area contributed by atoms with E-state index in [9.17, 15) is 0 Å². The summed E-state index contributed by atoms with van der Waals surface area (Å²) in [6.45, 7) is 0. The van der Waals surface area contributed by atoms with E-state index in [4.69, 9.17) is 0 Å². The summed E-state index contributed by atoms with van der Waals surface area (Å²) >= 11 is 0. The molecule has 0 aliphatic rings. The zero-order valence-corrected chi connectivity index (χ0v) is 45.9. The number of hydrogen-bond donors (Lipinski definition) is 0. The van der Waals surface area contributed by atoms with Crippen molar-refractivity contribution in [3.05, 3.63) is 367 Å². The van der Waals surface area contributed by atoms with Crippen LogP contribution in [0.3, 0.4) is 0 Å².